The summed E-state index contributed by atoms with van der Waals surface area (Å²) in [7, 11) is 1.63. The maximum absolute atomic E-state index is 12.0. The molecule has 0 aromatic rings. The van der Waals surface area contributed by atoms with Crippen molar-refractivity contribution in [3.63, 3.8) is 0 Å². The first-order valence-electron chi connectivity index (χ1n) is 6.26. The smallest absolute Gasteiger partial charge is 0.223 e. The van der Waals surface area contributed by atoms with Crippen molar-refractivity contribution in [1.29, 1.82) is 0 Å². The molecule has 0 aromatic carbocycles. The van der Waals surface area contributed by atoms with Crippen LogP contribution in [0.4, 0.5) is 0 Å². The third kappa shape index (κ3) is 3.35. The molecule has 1 rings (SSSR count). The number of oxime groups is 1. The van der Waals surface area contributed by atoms with E-state index in [-0.39, 0.29) is 23.3 Å². The lowest BCUT2D eigenvalue weighted by molar-refractivity contribution is -0.134. The number of rotatable bonds is 6. The average Bonchev–Trinajstić information content (AvgIpc) is 2.29. The van der Waals surface area contributed by atoms with Crippen LogP contribution < -0.4 is 11.1 Å². The number of hydrogen-bond acceptors (Lipinski definition) is 4. The first-order chi connectivity index (χ1) is 8.44. The van der Waals surface area contributed by atoms with Gasteiger partial charge in [-0.05, 0) is 25.2 Å². The lowest BCUT2D eigenvalue weighted by Crippen LogP contribution is -2.51. The van der Waals surface area contributed by atoms with E-state index >= 15 is 0 Å². The highest BCUT2D eigenvalue weighted by Gasteiger charge is 2.39. The maximum atomic E-state index is 12.0. The van der Waals surface area contributed by atoms with Crippen LogP contribution in [-0.4, -0.2) is 35.7 Å². The van der Waals surface area contributed by atoms with E-state index in [9.17, 15) is 4.79 Å². The Labute approximate surface area is 108 Å². The molecule has 18 heavy (non-hydrogen) atoms. The molecule has 0 radical (unpaired) electrons. The van der Waals surface area contributed by atoms with Gasteiger partial charge in [0.2, 0.25) is 5.91 Å². The molecule has 0 saturated heterocycles. The molecule has 0 aromatic heterocycles. The van der Waals surface area contributed by atoms with Gasteiger partial charge in [0.05, 0.1) is 18.1 Å². The van der Waals surface area contributed by atoms with Gasteiger partial charge in [0.1, 0.15) is 0 Å². The summed E-state index contributed by atoms with van der Waals surface area (Å²) < 4.78 is 5.40. The molecule has 1 fully saturated rings. The van der Waals surface area contributed by atoms with Crippen molar-refractivity contribution in [2.75, 3.05) is 7.11 Å². The fraction of sp³-hybridized carbons (Fsp3) is 0.833. The lowest BCUT2D eigenvalue weighted by Gasteiger charge is -2.40. The van der Waals surface area contributed by atoms with Gasteiger partial charge in [-0.15, -0.1) is 0 Å². The summed E-state index contributed by atoms with van der Waals surface area (Å²) >= 11 is 0. The predicted octanol–water partition coefficient (Wildman–Crippen LogP) is 0.833. The second kappa shape index (κ2) is 6.04. The Morgan fingerprint density at radius 1 is 1.56 bits per heavy atom. The summed E-state index contributed by atoms with van der Waals surface area (Å²) in [6, 6.07) is -0.448. The van der Waals surface area contributed by atoms with E-state index in [1.807, 2.05) is 13.8 Å². The van der Waals surface area contributed by atoms with Crippen molar-refractivity contribution < 1.29 is 14.7 Å². The molecule has 6 heteroatoms. The number of ether oxygens (including phenoxy) is 1. The fourth-order valence-electron chi connectivity index (χ4n) is 2.19. The Bertz CT molecular complexity index is 319. The van der Waals surface area contributed by atoms with Crippen molar-refractivity contribution in [2.45, 2.75) is 51.2 Å². The van der Waals surface area contributed by atoms with Gasteiger partial charge in [-0.25, -0.2) is 0 Å². The van der Waals surface area contributed by atoms with Crippen molar-refractivity contribution in [3.8, 4) is 0 Å². The maximum Gasteiger partial charge on any atom is 0.223 e. The van der Waals surface area contributed by atoms with Gasteiger partial charge in [0, 0.05) is 7.11 Å². The summed E-state index contributed by atoms with van der Waals surface area (Å²) in [5, 5.41) is 14.4. The number of amidine groups is 1. The number of carbonyl (C=O) groups is 1. The number of nitrogens with zero attached hydrogens (tertiary/aromatic N) is 1. The second-order valence-electron chi connectivity index (χ2n) is 5.23. The minimum atomic E-state index is -0.448. The van der Waals surface area contributed by atoms with Crippen LogP contribution in [0, 0.1) is 5.92 Å². The van der Waals surface area contributed by atoms with Gasteiger partial charge in [-0.3, -0.25) is 4.79 Å². The number of nitrogens with one attached hydrogen (secondary N) is 1. The van der Waals surface area contributed by atoms with Crippen LogP contribution in [0.3, 0.4) is 0 Å². The molecule has 6 nitrogen and oxygen atoms in total. The molecule has 0 heterocycles. The highest BCUT2D eigenvalue weighted by Crippen LogP contribution is 2.37. The number of nitrogens with two attached hydrogens (primary N) is 1. The third-order valence-corrected chi connectivity index (χ3v) is 3.60. The highest BCUT2D eigenvalue weighted by atomic mass is 16.5. The summed E-state index contributed by atoms with van der Waals surface area (Å²) in [5.74, 6) is -0.0370. The van der Waals surface area contributed by atoms with E-state index in [0.717, 1.165) is 19.3 Å². The summed E-state index contributed by atoms with van der Waals surface area (Å²) in [5.41, 5.74) is 5.25. The molecule has 104 valence electrons. The van der Waals surface area contributed by atoms with Crippen LogP contribution in [0.2, 0.25) is 0 Å². The standard InChI is InChI=1S/C12H23N3O3/c1-8(2)10(11(13)15-17)14-9(16)7-12(18-3)5-4-6-12/h8,10,17H,4-7H2,1-3H3,(H2,13,15)(H,14,16). The quantitative estimate of drug-likeness (QED) is 0.284. The zero-order chi connectivity index (χ0) is 13.8. The molecule has 1 aliphatic carbocycles. The zero-order valence-corrected chi connectivity index (χ0v) is 11.3. The summed E-state index contributed by atoms with van der Waals surface area (Å²) in [6.07, 6.45) is 3.24. The number of methoxy groups -OCH3 is 1. The van der Waals surface area contributed by atoms with Crippen LogP contribution in [0.1, 0.15) is 39.5 Å². The molecule has 4 N–H and O–H groups in total. The van der Waals surface area contributed by atoms with E-state index in [2.05, 4.69) is 10.5 Å². The predicted molar refractivity (Wildman–Crippen MR) is 68.4 cm³/mol. The van der Waals surface area contributed by atoms with Gasteiger partial charge in [0.15, 0.2) is 5.84 Å². The molecule has 1 saturated carbocycles. The first-order valence-corrected chi connectivity index (χ1v) is 6.26. The van der Waals surface area contributed by atoms with Crippen molar-refractivity contribution in [1.82, 2.24) is 5.32 Å². The SMILES string of the molecule is COC1(CC(=O)NC(C(N)=NO)C(C)C)CCC1. The van der Waals surface area contributed by atoms with Gasteiger partial charge < -0.3 is 21.0 Å². The van der Waals surface area contributed by atoms with Gasteiger partial charge in [0.25, 0.3) is 0 Å². The van der Waals surface area contributed by atoms with Crippen molar-refractivity contribution in [3.05, 3.63) is 0 Å². The Morgan fingerprint density at radius 3 is 2.50 bits per heavy atom. The van der Waals surface area contributed by atoms with Crippen molar-refractivity contribution >= 4 is 11.7 Å². The van der Waals surface area contributed by atoms with Crippen molar-refractivity contribution in [2.24, 2.45) is 16.8 Å². The van der Waals surface area contributed by atoms with Crippen LogP contribution >= 0.6 is 0 Å². The van der Waals surface area contributed by atoms with Crippen LogP contribution in [0.15, 0.2) is 5.16 Å². The van der Waals surface area contributed by atoms with E-state index in [1.54, 1.807) is 7.11 Å². The first kappa shape index (κ1) is 14.8. The Morgan fingerprint density at radius 2 is 2.17 bits per heavy atom. The molecule has 0 bridgehead atoms. The Balaban J connectivity index is 2.56. The van der Waals surface area contributed by atoms with E-state index < -0.39 is 6.04 Å². The van der Waals surface area contributed by atoms with Gasteiger partial charge in [-0.2, -0.15) is 0 Å². The topological polar surface area (TPSA) is 96.9 Å². The molecular formula is C12H23N3O3. The molecule has 1 atom stereocenters. The summed E-state index contributed by atoms with van der Waals surface area (Å²) in [4.78, 5) is 12.0. The van der Waals surface area contributed by atoms with Gasteiger partial charge in [-0.1, -0.05) is 19.0 Å². The molecular weight excluding hydrogens is 234 g/mol. The van der Waals surface area contributed by atoms with Gasteiger partial charge >= 0.3 is 0 Å². The minimum Gasteiger partial charge on any atom is -0.409 e. The average molecular weight is 257 g/mol. The molecule has 1 unspecified atom stereocenters. The fourth-order valence-corrected chi connectivity index (χ4v) is 2.19. The number of hydrogen-bond donors (Lipinski definition) is 3. The third-order valence-electron chi connectivity index (χ3n) is 3.60. The van der Waals surface area contributed by atoms with E-state index in [4.69, 9.17) is 15.7 Å². The van der Waals surface area contributed by atoms with Crippen LogP contribution in [0.5, 0.6) is 0 Å². The van der Waals surface area contributed by atoms with E-state index in [0.29, 0.717) is 6.42 Å². The molecule has 1 aliphatic rings. The van der Waals surface area contributed by atoms with E-state index in [1.165, 1.54) is 0 Å². The second-order valence-corrected chi connectivity index (χ2v) is 5.23. The number of amides is 1. The van der Waals surface area contributed by atoms with Crippen LogP contribution in [0.25, 0.3) is 0 Å². The van der Waals surface area contributed by atoms with Crippen LogP contribution in [-0.2, 0) is 9.53 Å². The Hall–Kier alpha value is -1.30. The molecule has 0 spiro atoms. The molecule has 1 amide bonds. The zero-order valence-electron chi connectivity index (χ0n) is 11.3. The highest BCUT2D eigenvalue weighted by molar-refractivity contribution is 5.90. The lowest BCUT2D eigenvalue weighted by atomic mass is 9.77. The minimum absolute atomic E-state index is 0.0263. The monoisotopic (exact) mass is 257 g/mol. The normalized spacial score (nSPS) is 20.3. The molecule has 0 aliphatic heterocycles. The largest absolute Gasteiger partial charge is 0.409 e. The number of carbonyl (C=O) groups excluding carboxylic acids is 1. The Kier molecular flexibility index (Phi) is 4.95. The summed E-state index contributed by atoms with van der Waals surface area (Å²) in [6.45, 7) is 3.80.